The molecular weight excluding hydrogens is 234 g/mol. The third kappa shape index (κ3) is 2.50. The van der Waals surface area contributed by atoms with Gasteiger partial charge in [-0.05, 0) is 33.2 Å². The molecule has 0 bridgehead atoms. The van der Waals surface area contributed by atoms with Gasteiger partial charge in [-0.25, -0.2) is 4.98 Å². The van der Waals surface area contributed by atoms with Crippen LogP contribution in [0.2, 0.25) is 0 Å². The number of amides is 1. The molecule has 0 aliphatic carbocycles. The molecule has 1 aromatic heterocycles. The van der Waals surface area contributed by atoms with Gasteiger partial charge in [0.05, 0.1) is 5.01 Å². The highest BCUT2D eigenvalue weighted by Crippen LogP contribution is 2.29. The molecule has 4 nitrogen and oxygen atoms in total. The van der Waals surface area contributed by atoms with Crippen molar-refractivity contribution in [3.8, 4) is 0 Å². The van der Waals surface area contributed by atoms with E-state index in [9.17, 15) is 4.79 Å². The first-order chi connectivity index (χ1) is 8.04. The number of rotatable bonds is 3. The highest BCUT2D eigenvalue weighted by molar-refractivity contribution is 7.09. The second kappa shape index (κ2) is 4.74. The van der Waals surface area contributed by atoms with Crippen molar-refractivity contribution in [3.63, 3.8) is 0 Å². The zero-order valence-corrected chi connectivity index (χ0v) is 11.2. The topological polar surface area (TPSA) is 59.2 Å². The SMILES string of the molecule is CC1(C)CCCN1C(=O)c1csc(CCN)n1. The fourth-order valence-corrected chi connectivity index (χ4v) is 3.06. The Labute approximate surface area is 106 Å². The van der Waals surface area contributed by atoms with Crippen LogP contribution in [0, 0.1) is 0 Å². The van der Waals surface area contributed by atoms with Gasteiger partial charge in [0.2, 0.25) is 0 Å². The minimum Gasteiger partial charge on any atom is -0.332 e. The predicted octanol–water partition coefficient (Wildman–Crippen LogP) is 1.66. The van der Waals surface area contributed by atoms with E-state index in [-0.39, 0.29) is 11.4 Å². The predicted molar refractivity (Wildman–Crippen MR) is 69.2 cm³/mol. The number of thiazole rings is 1. The average Bonchev–Trinajstić information content (AvgIpc) is 2.84. The normalized spacial score (nSPS) is 18.6. The monoisotopic (exact) mass is 253 g/mol. The molecule has 1 aliphatic heterocycles. The van der Waals surface area contributed by atoms with Crippen molar-refractivity contribution >= 4 is 17.2 Å². The van der Waals surface area contributed by atoms with Gasteiger partial charge < -0.3 is 10.6 Å². The van der Waals surface area contributed by atoms with Crippen LogP contribution in [0.3, 0.4) is 0 Å². The van der Waals surface area contributed by atoms with Crippen molar-refractivity contribution in [2.45, 2.75) is 38.6 Å². The van der Waals surface area contributed by atoms with E-state index in [1.165, 1.54) is 11.3 Å². The zero-order valence-electron chi connectivity index (χ0n) is 10.4. The van der Waals surface area contributed by atoms with Gasteiger partial charge >= 0.3 is 0 Å². The summed E-state index contributed by atoms with van der Waals surface area (Å²) >= 11 is 1.52. The summed E-state index contributed by atoms with van der Waals surface area (Å²) in [4.78, 5) is 18.6. The number of nitrogens with zero attached hydrogens (tertiary/aromatic N) is 2. The largest absolute Gasteiger partial charge is 0.332 e. The Morgan fingerprint density at radius 1 is 1.65 bits per heavy atom. The summed E-state index contributed by atoms with van der Waals surface area (Å²) in [5.74, 6) is 0.0621. The van der Waals surface area contributed by atoms with Gasteiger partial charge in [0.1, 0.15) is 5.69 Å². The van der Waals surface area contributed by atoms with E-state index in [0.717, 1.165) is 30.8 Å². The van der Waals surface area contributed by atoms with Crippen LogP contribution in [0.15, 0.2) is 5.38 Å². The van der Waals surface area contributed by atoms with Gasteiger partial charge in [0, 0.05) is 23.9 Å². The van der Waals surface area contributed by atoms with Crippen LogP contribution in [0.4, 0.5) is 0 Å². The molecule has 2 rings (SSSR count). The van der Waals surface area contributed by atoms with Crippen LogP contribution < -0.4 is 5.73 Å². The van der Waals surface area contributed by atoms with Crippen molar-refractivity contribution in [2.75, 3.05) is 13.1 Å². The number of hydrogen-bond donors (Lipinski definition) is 1. The van der Waals surface area contributed by atoms with Gasteiger partial charge in [0.15, 0.2) is 0 Å². The average molecular weight is 253 g/mol. The first-order valence-corrected chi connectivity index (χ1v) is 6.89. The number of nitrogens with two attached hydrogens (primary N) is 1. The molecule has 0 atom stereocenters. The smallest absolute Gasteiger partial charge is 0.273 e. The van der Waals surface area contributed by atoms with Crippen LogP contribution in [0.25, 0.3) is 0 Å². The highest BCUT2D eigenvalue weighted by Gasteiger charge is 2.36. The summed E-state index contributed by atoms with van der Waals surface area (Å²) < 4.78 is 0. The van der Waals surface area contributed by atoms with Gasteiger partial charge in [-0.1, -0.05) is 0 Å². The molecule has 1 amide bonds. The van der Waals surface area contributed by atoms with Crippen LogP contribution >= 0.6 is 11.3 Å². The molecule has 5 heteroatoms. The fourth-order valence-electron chi connectivity index (χ4n) is 2.27. The Morgan fingerprint density at radius 2 is 2.41 bits per heavy atom. The lowest BCUT2D eigenvalue weighted by Crippen LogP contribution is -2.42. The van der Waals surface area contributed by atoms with Crippen LogP contribution in [-0.4, -0.2) is 34.4 Å². The molecule has 1 saturated heterocycles. The maximum absolute atomic E-state index is 12.3. The highest BCUT2D eigenvalue weighted by atomic mass is 32.1. The van der Waals surface area contributed by atoms with Crippen LogP contribution in [-0.2, 0) is 6.42 Å². The Morgan fingerprint density at radius 3 is 3.00 bits per heavy atom. The van der Waals surface area contributed by atoms with E-state index < -0.39 is 0 Å². The fraction of sp³-hybridized carbons (Fsp3) is 0.667. The molecule has 94 valence electrons. The summed E-state index contributed by atoms with van der Waals surface area (Å²) in [7, 11) is 0. The van der Waals surface area contributed by atoms with Crippen LogP contribution in [0.5, 0.6) is 0 Å². The Kier molecular flexibility index (Phi) is 3.49. The number of likely N-dealkylation sites (tertiary alicyclic amines) is 1. The third-order valence-electron chi connectivity index (χ3n) is 3.28. The van der Waals surface area contributed by atoms with Gasteiger partial charge in [-0.2, -0.15) is 0 Å². The Bertz CT molecular complexity index is 414. The third-order valence-corrected chi connectivity index (χ3v) is 4.18. The molecule has 2 heterocycles. The maximum atomic E-state index is 12.3. The molecule has 0 spiro atoms. The maximum Gasteiger partial charge on any atom is 0.273 e. The van der Waals surface area contributed by atoms with Crippen LogP contribution in [0.1, 0.15) is 42.2 Å². The number of aromatic nitrogens is 1. The molecule has 2 N–H and O–H groups in total. The second-order valence-corrected chi connectivity index (χ2v) is 5.98. The van der Waals surface area contributed by atoms with Gasteiger partial charge in [0.25, 0.3) is 5.91 Å². The van der Waals surface area contributed by atoms with E-state index in [1.54, 1.807) is 0 Å². The summed E-state index contributed by atoms with van der Waals surface area (Å²) in [6.07, 6.45) is 2.90. The number of hydrogen-bond acceptors (Lipinski definition) is 4. The minimum absolute atomic E-state index is 0.0330. The molecular formula is C12H19N3OS. The first kappa shape index (κ1) is 12.5. The molecule has 0 unspecified atom stereocenters. The van der Waals surface area contributed by atoms with E-state index in [4.69, 9.17) is 5.73 Å². The summed E-state index contributed by atoms with van der Waals surface area (Å²) in [6.45, 7) is 5.65. The first-order valence-electron chi connectivity index (χ1n) is 6.01. The van der Waals surface area contributed by atoms with E-state index in [0.29, 0.717) is 12.2 Å². The zero-order chi connectivity index (χ0) is 12.5. The quantitative estimate of drug-likeness (QED) is 0.891. The van der Waals surface area contributed by atoms with E-state index in [2.05, 4.69) is 18.8 Å². The number of carbonyl (C=O) groups is 1. The molecule has 17 heavy (non-hydrogen) atoms. The van der Waals surface area contributed by atoms with Crippen molar-refractivity contribution in [3.05, 3.63) is 16.1 Å². The van der Waals surface area contributed by atoms with Gasteiger partial charge in [-0.3, -0.25) is 4.79 Å². The minimum atomic E-state index is -0.0330. The van der Waals surface area contributed by atoms with Crippen molar-refractivity contribution in [2.24, 2.45) is 5.73 Å². The lowest BCUT2D eigenvalue weighted by Gasteiger charge is -2.31. The molecule has 1 aliphatic rings. The number of carbonyl (C=O) groups excluding carboxylic acids is 1. The Hall–Kier alpha value is -0.940. The Balaban J connectivity index is 2.13. The molecule has 1 fully saturated rings. The van der Waals surface area contributed by atoms with Crippen molar-refractivity contribution in [1.29, 1.82) is 0 Å². The van der Waals surface area contributed by atoms with E-state index in [1.807, 2.05) is 10.3 Å². The standard InChI is InChI=1S/C12H19N3OS/c1-12(2)5-3-7-15(12)11(16)9-8-17-10(14-9)4-6-13/h8H,3-7,13H2,1-2H3. The van der Waals surface area contributed by atoms with E-state index >= 15 is 0 Å². The van der Waals surface area contributed by atoms with Crippen molar-refractivity contribution < 1.29 is 4.79 Å². The molecule has 0 saturated carbocycles. The summed E-state index contributed by atoms with van der Waals surface area (Å²) in [5, 5.41) is 2.80. The molecule has 1 aromatic rings. The second-order valence-electron chi connectivity index (χ2n) is 5.04. The lowest BCUT2D eigenvalue weighted by molar-refractivity contribution is 0.0646. The summed E-state index contributed by atoms with van der Waals surface area (Å²) in [5.41, 5.74) is 6.03. The van der Waals surface area contributed by atoms with Crippen molar-refractivity contribution in [1.82, 2.24) is 9.88 Å². The summed E-state index contributed by atoms with van der Waals surface area (Å²) in [6, 6.07) is 0. The lowest BCUT2D eigenvalue weighted by atomic mass is 10.0. The molecule has 0 radical (unpaired) electrons. The van der Waals surface area contributed by atoms with Gasteiger partial charge in [-0.15, -0.1) is 11.3 Å². The molecule has 0 aromatic carbocycles.